The first-order chi connectivity index (χ1) is 8.65. The van der Waals surface area contributed by atoms with Gasteiger partial charge in [-0.3, -0.25) is 4.90 Å². The van der Waals surface area contributed by atoms with Gasteiger partial charge in [-0.25, -0.2) is 0 Å². The van der Waals surface area contributed by atoms with Crippen molar-refractivity contribution < 1.29 is 0 Å². The minimum Gasteiger partial charge on any atom is -0.384 e. The summed E-state index contributed by atoms with van der Waals surface area (Å²) < 4.78 is 1.13. The fraction of sp³-hybridized carbons (Fsp3) is 0.571. The van der Waals surface area contributed by atoms with E-state index in [2.05, 4.69) is 63.2 Å². The second-order valence-corrected chi connectivity index (χ2v) is 5.95. The number of anilines is 1. The number of hydrogen-bond donors (Lipinski definition) is 1. The zero-order chi connectivity index (χ0) is 13.0. The van der Waals surface area contributed by atoms with E-state index in [1.165, 1.54) is 37.4 Å². The summed E-state index contributed by atoms with van der Waals surface area (Å²) in [5.41, 5.74) is 2.54. The second kappa shape index (κ2) is 6.55. The molecule has 100 valence electrons. The molecule has 1 heterocycles. The lowest BCUT2D eigenvalue weighted by Crippen LogP contribution is -2.45. The molecule has 0 spiro atoms. The lowest BCUT2D eigenvalue weighted by molar-refractivity contribution is 0.158. The van der Waals surface area contributed by atoms with E-state index in [1.807, 2.05) is 0 Å². The second-order valence-electron chi connectivity index (χ2n) is 5.03. The van der Waals surface area contributed by atoms with Crippen molar-refractivity contribution in [3.8, 4) is 0 Å². The fourth-order valence-corrected chi connectivity index (χ4v) is 2.57. The number of piperazine rings is 1. The Hall–Kier alpha value is -0.580. The van der Waals surface area contributed by atoms with E-state index in [0.29, 0.717) is 0 Å². The molecule has 2 rings (SSSR count). The van der Waals surface area contributed by atoms with Crippen molar-refractivity contribution in [2.45, 2.75) is 6.92 Å². The van der Waals surface area contributed by atoms with Crippen molar-refractivity contribution in [2.24, 2.45) is 0 Å². The van der Waals surface area contributed by atoms with Gasteiger partial charge in [-0.1, -0.05) is 22.0 Å². The first-order valence-corrected chi connectivity index (χ1v) is 7.35. The molecule has 1 aromatic rings. The summed E-state index contributed by atoms with van der Waals surface area (Å²) in [7, 11) is 2.19. The average Bonchev–Trinajstić information content (AvgIpc) is 2.36. The summed E-state index contributed by atoms with van der Waals surface area (Å²) in [6, 6.07) is 6.38. The summed E-state index contributed by atoms with van der Waals surface area (Å²) in [5.74, 6) is 0. The van der Waals surface area contributed by atoms with Gasteiger partial charge in [-0.05, 0) is 31.7 Å². The van der Waals surface area contributed by atoms with Gasteiger partial charge >= 0.3 is 0 Å². The van der Waals surface area contributed by atoms with E-state index in [0.717, 1.165) is 17.6 Å². The van der Waals surface area contributed by atoms with Crippen LogP contribution in [0.25, 0.3) is 0 Å². The van der Waals surface area contributed by atoms with Gasteiger partial charge in [0.05, 0.1) is 0 Å². The summed E-state index contributed by atoms with van der Waals surface area (Å²) in [6.45, 7) is 9.04. The minimum atomic E-state index is 1.01. The quantitative estimate of drug-likeness (QED) is 0.921. The molecule has 1 saturated heterocycles. The van der Waals surface area contributed by atoms with Crippen molar-refractivity contribution in [3.05, 3.63) is 28.2 Å². The highest BCUT2D eigenvalue weighted by Gasteiger charge is 2.12. The van der Waals surface area contributed by atoms with Crippen LogP contribution >= 0.6 is 15.9 Å². The van der Waals surface area contributed by atoms with Crippen LogP contribution in [0.2, 0.25) is 0 Å². The normalized spacial score (nSPS) is 17.9. The van der Waals surface area contributed by atoms with Gasteiger partial charge in [0.15, 0.2) is 0 Å². The third kappa shape index (κ3) is 3.97. The number of benzene rings is 1. The van der Waals surface area contributed by atoms with Crippen molar-refractivity contribution in [2.75, 3.05) is 51.6 Å². The first kappa shape index (κ1) is 13.8. The van der Waals surface area contributed by atoms with Crippen LogP contribution in [0.4, 0.5) is 5.69 Å². The first-order valence-electron chi connectivity index (χ1n) is 6.56. The molecule has 4 heteroatoms. The van der Waals surface area contributed by atoms with Crippen LogP contribution in [0.3, 0.4) is 0 Å². The highest BCUT2D eigenvalue weighted by atomic mass is 79.9. The van der Waals surface area contributed by atoms with E-state index in [1.54, 1.807) is 0 Å². The summed E-state index contributed by atoms with van der Waals surface area (Å²) in [6.07, 6.45) is 0. The van der Waals surface area contributed by atoms with E-state index >= 15 is 0 Å². The maximum atomic E-state index is 3.53. The van der Waals surface area contributed by atoms with Crippen LogP contribution in [0.5, 0.6) is 0 Å². The molecule has 0 bridgehead atoms. The third-order valence-electron chi connectivity index (χ3n) is 3.54. The number of likely N-dealkylation sites (N-methyl/N-ethyl adjacent to an activating group) is 1. The Morgan fingerprint density at radius 3 is 2.67 bits per heavy atom. The Kier molecular flexibility index (Phi) is 5.03. The van der Waals surface area contributed by atoms with Crippen LogP contribution in [-0.2, 0) is 0 Å². The molecule has 0 atom stereocenters. The Balaban J connectivity index is 1.76. The van der Waals surface area contributed by atoms with Gasteiger partial charge in [-0.15, -0.1) is 0 Å². The minimum absolute atomic E-state index is 1.01. The fourth-order valence-electron chi connectivity index (χ4n) is 2.20. The van der Waals surface area contributed by atoms with Crippen LogP contribution in [0.15, 0.2) is 22.7 Å². The molecular formula is C14H22BrN3. The van der Waals surface area contributed by atoms with E-state index in [4.69, 9.17) is 0 Å². The third-order valence-corrected chi connectivity index (χ3v) is 4.03. The van der Waals surface area contributed by atoms with Crippen LogP contribution in [0, 0.1) is 6.92 Å². The van der Waals surface area contributed by atoms with E-state index in [9.17, 15) is 0 Å². The van der Waals surface area contributed by atoms with Crippen molar-refractivity contribution in [1.82, 2.24) is 9.80 Å². The molecule has 0 amide bonds. The average molecular weight is 312 g/mol. The molecular weight excluding hydrogens is 290 g/mol. The Bertz CT molecular complexity index is 387. The van der Waals surface area contributed by atoms with Crippen LogP contribution in [0.1, 0.15) is 5.56 Å². The van der Waals surface area contributed by atoms with Gasteiger partial charge in [0.2, 0.25) is 0 Å². The molecule has 1 aliphatic heterocycles. The van der Waals surface area contributed by atoms with Gasteiger partial charge in [0.25, 0.3) is 0 Å². The standard InChI is InChI=1S/C14H22BrN3/c1-12-3-4-13(15)11-14(12)16-5-6-18-9-7-17(2)8-10-18/h3-4,11,16H,5-10H2,1-2H3. The molecule has 0 aromatic heterocycles. The van der Waals surface area contributed by atoms with Crippen molar-refractivity contribution in [3.63, 3.8) is 0 Å². The smallest absolute Gasteiger partial charge is 0.0381 e. The van der Waals surface area contributed by atoms with Crippen LogP contribution in [-0.4, -0.2) is 56.1 Å². The highest BCUT2D eigenvalue weighted by Crippen LogP contribution is 2.20. The number of nitrogens with zero attached hydrogens (tertiary/aromatic N) is 2. The van der Waals surface area contributed by atoms with Gasteiger partial charge in [-0.2, -0.15) is 0 Å². The summed E-state index contributed by atoms with van der Waals surface area (Å²) >= 11 is 3.52. The van der Waals surface area contributed by atoms with Crippen molar-refractivity contribution >= 4 is 21.6 Å². The molecule has 0 radical (unpaired) electrons. The predicted octanol–water partition coefficient (Wildman–Crippen LogP) is 2.42. The topological polar surface area (TPSA) is 18.5 Å². The Morgan fingerprint density at radius 1 is 1.22 bits per heavy atom. The molecule has 1 aliphatic rings. The molecule has 3 nitrogen and oxygen atoms in total. The number of hydrogen-bond acceptors (Lipinski definition) is 3. The van der Waals surface area contributed by atoms with Gasteiger partial charge in [0.1, 0.15) is 0 Å². The predicted molar refractivity (Wildman–Crippen MR) is 81.3 cm³/mol. The monoisotopic (exact) mass is 311 g/mol. The zero-order valence-corrected chi connectivity index (χ0v) is 12.8. The maximum Gasteiger partial charge on any atom is 0.0381 e. The molecule has 1 N–H and O–H groups in total. The number of aryl methyl sites for hydroxylation is 1. The summed E-state index contributed by atoms with van der Waals surface area (Å²) in [5, 5.41) is 3.53. The van der Waals surface area contributed by atoms with E-state index in [-0.39, 0.29) is 0 Å². The van der Waals surface area contributed by atoms with Gasteiger partial charge < -0.3 is 10.2 Å². The lowest BCUT2D eigenvalue weighted by Gasteiger charge is -2.32. The largest absolute Gasteiger partial charge is 0.384 e. The molecule has 18 heavy (non-hydrogen) atoms. The number of nitrogens with one attached hydrogen (secondary N) is 1. The molecule has 0 unspecified atom stereocenters. The number of rotatable bonds is 4. The molecule has 1 aromatic carbocycles. The number of halogens is 1. The van der Waals surface area contributed by atoms with Crippen LogP contribution < -0.4 is 5.32 Å². The molecule has 0 saturated carbocycles. The highest BCUT2D eigenvalue weighted by molar-refractivity contribution is 9.10. The SMILES string of the molecule is Cc1ccc(Br)cc1NCCN1CCN(C)CC1. The van der Waals surface area contributed by atoms with Crippen molar-refractivity contribution in [1.29, 1.82) is 0 Å². The van der Waals surface area contributed by atoms with E-state index < -0.39 is 0 Å². The molecule has 1 fully saturated rings. The van der Waals surface area contributed by atoms with Gasteiger partial charge in [0, 0.05) is 49.4 Å². The Labute approximate surface area is 118 Å². The lowest BCUT2D eigenvalue weighted by atomic mass is 10.2. The molecule has 0 aliphatic carbocycles. The zero-order valence-electron chi connectivity index (χ0n) is 11.2. The Morgan fingerprint density at radius 2 is 1.94 bits per heavy atom. The summed E-state index contributed by atoms with van der Waals surface area (Å²) in [4.78, 5) is 4.92. The maximum absolute atomic E-state index is 3.53.